The van der Waals surface area contributed by atoms with Gasteiger partial charge in [-0.25, -0.2) is 4.79 Å². The van der Waals surface area contributed by atoms with Crippen LogP contribution in [0.5, 0.6) is 5.75 Å². The number of nitrogens with two attached hydrogens (primary N) is 1. The third-order valence-corrected chi connectivity index (χ3v) is 6.87. The molecule has 11 heteroatoms. The molecule has 1 saturated carbocycles. The van der Waals surface area contributed by atoms with Gasteiger partial charge in [-0.15, -0.1) is 0 Å². The molecule has 0 heterocycles. The van der Waals surface area contributed by atoms with Crippen molar-refractivity contribution in [1.29, 1.82) is 0 Å². The van der Waals surface area contributed by atoms with Crippen LogP contribution in [0.3, 0.4) is 0 Å². The van der Waals surface area contributed by atoms with E-state index in [1.807, 2.05) is 0 Å². The molecule has 1 fully saturated rings. The van der Waals surface area contributed by atoms with Gasteiger partial charge in [-0.3, -0.25) is 14.4 Å². The van der Waals surface area contributed by atoms with Crippen LogP contribution in [-0.2, 0) is 23.9 Å². The van der Waals surface area contributed by atoms with E-state index < -0.39 is 87.4 Å². The van der Waals surface area contributed by atoms with Crippen LogP contribution < -0.4 is 5.73 Å². The number of hydrogen-bond acceptors (Lipinski definition) is 10. The lowest BCUT2D eigenvalue weighted by atomic mass is 9.53. The molecule has 1 amide bonds. The van der Waals surface area contributed by atoms with Gasteiger partial charge in [0.05, 0.1) is 5.56 Å². The summed E-state index contributed by atoms with van der Waals surface area (Å²) in [5.74, 6) is -10.1. The summed E-state index contributed by atoms with van der Waals surface area (Å²) in [5.41, 5.74) is -2.69. The first kappa shape index (κ1) is 23.2. The van der Waals surface area contributed by atoms with E-state index in [0.29, 0.717) is 5.56 Å². The topological polar surface area (TPSA) is 205 Å². The number of hydrogen-bond donors (Lipinski definition) is 6. The summed E-state index contributed by atoms with van der Waals surface area (Å²) in [4.78, 5) is 50.3. The highest BCUT2D eigenvalue weighted by Crippen LogP contribution is 2.57. The van der Waals surface area contributed by atoms with E-state index in [0.717, 1.165) is 6.08 Å². The Bertz CT molecular complexity index is 1260. The predicted octanol–water partition coefficient (Wildman–Crippen LogP) is -0.193. The normalized spacial score (nSPS) is 32.5. The molecular formula is C23H21NO10. The highest BCUT2D eigenvalue weighted by molar-refractivity contribution is 6.23. The van der Waals surface area contributed by atoms with Crippen molar-refractivity contribution >= 4 is 29.2 Å². The second-order valence-corrected chi connectivity index (χ2v) is 8.53. The van der Waals surface area contributed by atoms with Crippen molar-refractivity contribution in [2.45, 2.75) is 36.6 Å². The molecule has 0 bridgehead atoms. The van der Waals surface area contributed by atoms with Crippen molar-refractivity contribution in [3.63, 3.8) is 0 Å². The number of benzene rings is 1. The highest BCUT2D eigenvalue weighted by atomic mass is 16.6. The van der Waals surface area contributed by atoms with Crippen molar-refractivity contribution in [2.75, 3.05) is 0 Å². The second kappa shape index (κ2) is 7.27. The number of carbonyl (C=O) groups is 4. The minimum absolute atomic E-state index is 0.136. The summed E-state index contributed by atoms with van der Waals surface area (Å²) in [6.45, 7) is 4.82. The van der Waals surface area contributed by atoms with Crippen LogP contribution in [0.4, 0.5) is 0 Å². The SMILES string of the molecule is C=CC(=O)O[C@H]1[C@H]2C(=C(O)c3c(O)cccc3[C@@H]2C)C(=O)[C@]2(O)C(O)=C(C(N)=O)C(=O)C[C@]12O. The van der Waals surface area contributed by atoms with Crippen LogP contribution in [0.25, 0.3) is 5.76 Å². The number of phenols is 1. The summed E-state index contributed by atoms with van der Waals surface area (Å²) in [6.07, 6.45) is -2.26. The number of aromatic hydroxyl groups is 1. The number of esters is 1. The van der Waals surface area contributed by atoms with Crippen LogP contribution in [-0.4, -0.2) is 66.3 Å². The highest BCUT2D eigenvalue weighted by Gasteiger charge is 2.74. The molecule has 7 N–H and O–H groups in total. The van der Waals surface area contributed by atoms with E-state index in [2.05, 4.69) is 6.58 Å². The number of amides is 1. The van der Waals surface area contributed by atoms with Gasteiger partial charge in [0.1, 0.15) is 23.2 Å². The van der Waals surface area contributed by atoms with Crippen molar-refractivity contribution in [2.24, 2.45) is 11.7 Å². The first-order valence-corrected chi connectivity index (χ1v) is 10.2. The zero-order valence-corrected chi connectivity index (χ0v) is 17.8. The maximum absolute atomic E-state index is 13.7. The summed E-state index contributed by atoms with van der Waals surface area (Å²) in [5, 5.41) is 55.1. The number of phenolic OH excluding ortho intramolecular Hbond substituents is 1. The molecule has 3 aliphatic rings. The van der Waals surface area contributed by atoms with Crippen LogP contribution in [0.2, 0.25) is 0 Å². The number of primary amides is 1. The standard InChI is InChI=1S/C23H21NO10/c1-3-12(27)34-20-13-8(2)9-5-4-6-10(25)14(9)17(28)16(13)19(30)23(33)18(29)15(21(24)31)11(26)7-22(20,23)32/h3-6,8,13,20,25,28-29,32-33H,1,7H2,2H3,(H2,24,31)/t8-,13+,20-,22-,23+/m0/s1. The van der Waals surface area contributed by atoms with Gasteiger partial charge in [-0.1, -0.05) is 25.6 Å². The van der Waals surface area contributed by atoms with Gasteiger partial charge in [0.15, 0.2) is 17.1 Å². The van der Waals surface area contributed by atoms with Crippen molar-refractivity contribution in [3.05, 3.63) is 58.9 Å². The zero-order valence-electron chi connectivity index (χ0n) is 17.8. The fourth-order valence-corrected chi connectivity index (χ4v) is 5.28. The van der Waals surface area contributed by atoms with E-state index in [-0.39, 0.29) is 5.56 Å². The van der Waals surface area contributed by atoms with E-state index in [4.69, 9.17) is 10.5 Å². The first-order chi connectivity index (χ1) is 15.8. The van der Waals surface area contributed by atoms with Gasteiger partial charge in [0.2, 0.25) is 11.4 Å². The van der Waals surface area contributed by atoms with Gasteiger partial charge in [0.25, 0.3) is 5.91 Å². The maximum Gasteiger partial charge on any atom is 0.330 e. The third-order valence-electron chi connectivity index (χ3n) is 6.87. The average Bonchev–Trinajstić information content (AvgIpc) is 2.76. The Morgan fingerprint density at radius 3 is 2.44 bits per heavy atom. The number of ketones is 2. The van der Waals surface area contributed by atoms with Crippen LogP contribution in [0.15, 0.2) is 47.8 Å². The lowest BCUT2D eigenvalue weighted by molar-refractivity contribution is -0.230. The summed E-state index contributed by atoms with van der Waals surface area (Å²) in [7, 11) is 0. The van der Waals surface area contributed by atoms with Gasteiger partial charge in [-0.05, 0) is 17.5 Å². The van der Waals surface area contributed by atoms with E-state index in [1.54, 1.807) is 6.92 Å². The van der Waals surface area contributed by atoms with Gasteiger partial charge in [-0.2, -0.15) is 0 Å². The number of ether oxygens (including phenoxy) is 1. The molecule has 5 atom stereocenters. The number of fused-ring (bicyclic) bond motifs is 3. The van der Waals surface area contributed by atoms with E-state index in [1.165, 1.54) is 18.2 Å². The first-order valence-electron chi connectivity index (χ1n) is 10.2. The maximum atomic E-state index is 13.7. The Kier molecular flexibility index (Phi) is 4.96. The van der Waals surface area contributed by atoms with Gasteiger partial charge in [0, 0.05) is 24.0 Å². The minimum atomic E-state index is -3.39. The summed E-state index contributed by atoms with van der Waals surface area (Å²) >= 11 is 0. The Morgan fingerprint density at radius 1 is 1.21 bits per heavy atom. The Balaban J connectivity index is 2.11. The molecule has 0 spiro atoms. The van der Waals surface area contributed by atoms with Crippen LogP contribution in [0.1, 0.15) is 30.4 Å². The van der Waals surface area contributed by atoms with Crippen LogP contribution >= 0.6 is 0 Å². The molecule has 34 heavy (non-hydrogen) atoms. The molecule has 1 aromatic rings. The molecule has 4 rings (SSSR count). The minimum Gasteiger partial charge on any atom is -0.508 e. The number of rotatable bonds is 3. The van der Waals surface area contributed by atoms with Crippen molar-refractivity contribution < 1.29 is 49.4 Å². The molecule has 0 unspecified atom stereocenters. The smallest absolute Gasteiger partial charge is 0.330 e. The molecule has 1 aromatic carbocycles. The molecule has 178 valence electrons. The summed E-state index contributed by atoms with van der Waals surface area (Å²) in [6, 6.07) is 4.25. The number of aliphatic hydroxyl groups excluding tert-OH is 2. The van der Waals surface area contributed by atoms with E-state index in [9.17, 15) is 44.7 Å². The summed E-state index contributed by atoms with van der Waals surface area (Å²) < 4.78 is 5.32. The molecule has 0 aromatic heterocycles. The Hall–Kier alpha value is -3.96. The molecule has 0 aliphatic heterocycles. The number of aliphatic hydroxyl groups is 4. The molecule has 0 saturated heterocycles. The largest absolute Gasteiger partial charge is 0.508 e. The zero-order chi connectivity index (χ0) is 25.3. The average molecular weight is 471 g/mol. The Morgan fingerprint density at radius 2 is 1.85 bits per heavy atom. The lowest BCUT2D eigenvalue weighted by Gasteiger charge is -2.55. The molecular weight excluding hydrogens is 450 g/mol. The van der Waals surface area contributed by atoms with Crippen molar-refractivity contribution in [1.82, 2.24) is 0 Å². The lowest BCUT2D eigenvalue weighted by Crippen LogP contribution is -2.75. The fraction of sp³-hybridized carbons (Fsp3) is 0.304. The third kappa shape index (κ3) is 2.65. The van der Waals surface area contributed by atoms with Crippen LogP contribution in [0, 0.1) is 5.92 Å². The van der Waals surface area contributed by atoms with Crippen molar-refractivity contribution in [3.8, 4) is 5.75 Å². The number of carbonyl (C=O) groups excluding carboxylic acids is 4. The molecule has 11 nitrogen and oxygen atoms in total. The Labute approximate surface area is 192 Å². The van der Waals surface area contributed by atoms with Gasteiger partial charge >= 0.3 is 5.97 Å². The fourth-order valence-electron chi connectivity index (χ4n) is 5.28. The predicted molar refractivity (Wildman–Crippen MR) is 113 cm³/mol. The van der Waals surface area contributed by atoms with E-state index >= 15 is 0 Å². The number of Topliss-reactive ketones (excluding diaryl/α,β-unsaturated/α-hetero) is 2. The quantitative estimate of drug-likeness (QED) is 0.195. The van der Waals surface area contributed by atoms with Gasteiger partial charge < -0.3 is 36.0 Å². The monoisotopic (exact) mass is 471 g/mol. The molecule has 3 aliphatic carbocycles. The molecule has 0 radical (unpaired) electrons. The second-order valence-electron chi connectivity index (χ2n) is 8.53.